The normalized spacial score (nSPS) is 11.2. The van der Waals surface area contributed by atoms with Crippen LogP contribution in [0.15, 0.2) is 0 Å². The molecule has 163 valence electrons. The van der Waals surface area contributed by atoms with Crippen molar-refractivity contribution in [3.8, 4) is 0 Å². The molecule has 0 heterocycles. The van der Waals surface area contributed by atoms with Gasteiger partial charge in [0.1, 0.15) is 0 Å². The molecule has 0 rings (SSSR count). The van der Waals surface area contributed by atoms with Gasteiger partial charge in [0.2, 0.25) is 0 Å². The van der Waals surface area contributed by atoms with Gasteiger partial charge in [-0.25, -0.2) is 0 Å². The summed E-state index contributed by atoms with van der Waals surface area (Å²) in [6.45, 7) is 21.5. The van der Waals surface area contributed by atoms with E-state index in [9.17, 15) is 0 Å². The Morgan fingerprint density at radius 1 is 1.12 bits per heavy atom. The standard InChI is InChI=1S/C13H28NO2.C6H13.C2H6.CH3.V/c1-6-10-16-13(3,4)8-11-15-12(2)7-9-14-5;1-4-5-6(2)3;1-2;;/h12,14H,5-11H2,1-4H3;4,6H,5H2,1-3H3;1-2H3;1H3;/q2*-1;;-1;. The van der Waals surface area contributed by atoms with Gasteiger partial charge in [-0.15, -0.1) is 0 Å². The molecule has 0 aromatic heterocycles. The Kier molecular flexibility index (Phi) is 39.7. The third-order valence-corrected chi connectivity index (χ3v) is 3.24. The number of ether oxygens (including phenoxy) is 2. The van der Waals surface area contributed by atoms with E-state index in [-0.39, 0.29) is 37.7 Å². The maximum absolute atomic E-state index is 5.74. The zero-order chi connectivity index (χ0) is 19.4. The first kappa shape index (κ1) is 37.2. The van der Waals surface area contributed by atoms with E-state index in [0.29, 0.717) is 0 Å². The molecule has 1 radical (unpaired) electrons. The maximum atomic E-state index is 5.74. The molecular weight excluding hydrogens is 361 g/mol. The molecule has 0 aliphatic rings. The fraction of sp³-hybridized carbons (Fsp3) is 0.864. The van der Waals surface area contributed by atoms with Gasteiger partial charge in [0, 0.05) is 31.8 Å². The zero-order valence-electron chi connectivity index (χ0n) is 19.7. The maximum Gasteiger partial charge on any atom is 0.0648 e. The minimum Gasteiger partial charge on any atom is -0.473 e. The van der Waals surface area contributed by atoms with Crippen LogP contribution in [-0.4, -0.2) is 31.5 Å². The van der Waals surface area contributed by atoms with Crippen LogP contribution in [0, 0.1) is 26.8 Å². The summed E-state index contributed by atoms with van der Waals surface area (Å²) < 4.78 is 11.5. The van der Waals surface area contributed by atoms with E-state index in [4.69, 9.17) is 9.47 Å². The summed E-state index contributed by atoms with van der Waals surface area (Å²) in [5, 5.41) is 2.88. The Bertz CT molecular complexity index is 224. The molecule has 26 heavy (non-hydrogen) atoms. The molecule has 0 aromatic carbocycles. The van der Waals surface area contributed by atoms with Crippen molar-refractivity contribution in [3.05, 3.63) is 20.9 Å². The molecule has 1 unspecified atom stereocenters. The SMILES string of the molecule is CC.C[CH-]CC(C)C.[CH2-]NCCC(C)OCCC(C)(C)OCCC.[CH3-].[V]. The second kappa shape index (κ2) is 27.7. The Balaban J connectivity index is -0.000000125. The van der Waals surface area contributed by atoms with Crippen molar-refractivity contribution in [2.24, 2.45) is 5.92 Å². The van der Waals surface area contributed by atoms with Crippen molar-refractivity contribution in [1.82, 2.24) is 5.32 Å². The second-order valence-corrected chi connectivity index (χ2v) is 6.87. The summed E-state index contributed by atoms with van der Waals surface area (Å²) in [5.74, 6) is 0.843. The number of rotatable bonds is 12. The molecule has 1 atom stereocenters. The van der Waals surface area contributed by atoms with Crippen molar-refractivity contribution in [1.29, 1.82) is 0 Å². The molecule has 0 aliphatic carbocycles. The molecule has 0 fully saturated rings. The van der Waals surface area contributed by atoms with Gasteiger partial charge in [-0.2, -0.15) is 13.3 Å². The minimum atomic E-state index is -0.0692. The molecule has 0 aromatic rings. The summed E-state index contributed by atoms with van der Waals surface area (Å²) in [5.41, 5.74) is -0.0692. The Labute approximate surface area is 179 Å². The largest absolute Gasteiger partial charge is 0.473 e. The molecule has 0 amide bonds. The van der Waals surface area contributed by atoms with Crippen LogP contribution in [0.5, 0.6) is 0 Å². The third kappa shape index (κ3) is 35.6. The molecule has 4 heteroatoms. The average Bonchev–Trinajstić information content (AvgIpc) is 2.53. The van der Waals surface area contributed by atoms with Gasteiger partial charge in [0.25, 0.3) is 0 Å². The van der Waals surface area contributed by atoms with Crippen LogP contribution in [0.2, 0.25) is 0 Å². The summed E-state index contributed by atoms with van der Waals surface area (Å²) in [6.07, 6.45) is 6.74. The second-order valence-electron chi connectivity index (χ2n) is 6.87. The number of hydrogen-bond donors (Lipinski definition) is 1. The van der Waals surface area contributed by atoms with Gasteiger partial charge >= 0.3 is 0 Å². The summed E-state index contributed by atoms with van der Waals surface area (Å²) in [6, 6.07) is 0. The quantitative estimate of drug-likeness (QED) is 0.372. The van der Waals surface area contributed by atoms with E-state index in [1.807, 2.05) is 13.8 Å². The fourth-order valence-corrected chi connectivity index (χ4v) is 1.82. The Hall–Kier alpha value is 0.464. The van der Waals surface area contributed by atoms with Crippen LogP contribution in [0.3, 0.4) is 0 Å². The monoisotopic (exact) mass is 411 g/mol. The van der Waals surface area contributed by atoms with Crippen molar-refractivity contribution in [2.75, 3.05) is 19.8 Å². The van der Waals surface area contributed by atoms with Crippen LogP contribution in [-0.2, 0) is 28.0 Å². The first-order valence-corrected chi connectivity index (χ1v) is 9.82. The summed E-state index contributed by atoms with van der Waals surface area (Å²) in [4.78, 5) is 0. The molecule has 0 saturated carbocycles. The van der Waals surface area contributed by atoms with Gasteiger partial charge in [-0.1, -0.05) is 40.5 Å². The first-order chi connectivity index (χ1) is 11.3. The molecule has 0 bridgehead atoms. The van der Waals surface area contributed by atoms with Gasteiger partial charge in [-0.05, 0) is 46.6 Å². The summed E-state index contributed by atoms with van der Waals surface area (Å²) in [7, 11) is 3.59. The van der Waals surface area contributed by atoms with Crippen LogP contribution < -0.4 is 5.32 Å². The van der Waals surface area contributed by atoms with E-state index in [2.05, 4.69) is 67.3 Å². The molecule has 3 nitrogen and oxygen atoms in total. The number of nitrogens with one attached hydrogen (secondary N) is 1. The van der Waals surface area contributed by atoms with Crippen molar-refractivity contribution < 1.29 is 28.0 Å². The minimum absolute atomic E-state index is 0. The van der Waals surface area contributed by atoms with Crippen LogP contribution in [0.1, 0.15) is 88.0 Å². The Morgan fingerprint density at radius 3 is 2.00 bits per heavy atom. The molecule has 0 spiro atoms. The van der Waals surface area contributed by atoms with E-state index >= 15 is 0 Å². The van der Waals surface area contributed by atoms with E-state index < -0.39 is 0 Å². The molecule has 0 saturated heterocycles. The Morgan fingerprint density at radius 2 is 1.65 bits per heavy atom. The predicted octanol–water partition coefficient (Wildman–Crippen LogP) is 6.49. The first-order valence-electron chi connectivity index (χ1n) is 9.82. The predicted molar refractivity (Wildman–Crippen MR) is 116 cm³/mol. The van der Waals surface area contributed by atoms with Crippen molar-refractivity contribution >= 4 is 0 Å². The fourth-order valence-electron chi connectivity index (χ4n) is 1.82. The zero-order valence-corrected chi connectivity index (χ0v) is 21.0. The van der Waals surface area contributed by atoms with Crippen molar-refractivity contribution in [2.45, 2.75) is 99.7 Å². The molecule has 0 aliphatic heterocycles. The smallest absolute Gasteiger partial charge is 0.0648 e. The van der Waals surface area contributed by atoms with Gasteiger partial charge in [0.05, 0.1) is 11.7 Å². The van der Waals surface area contributed by atoms with Gasteiger partial charge in [-0.3, -0.25) is 7.05 Å². The van der Waals surface area contributed by atoms with Gasteiger partial charge in [0.15, 0.2) is 0 Å². The molecular formula is C22H50NO2V-3. The number of hydrogen-bond acceptors (Lipinski definition) is 3. The average molecular weight is 412 g/mol. The topological polar surface area (TPSA) is 30.5 Å². The summed E-state index contributed by atoms with van der Waals surface area (Å²) >= 11 is 0. The van der Waals surface area contributed by atoms with Crippen molar-refractivity contribution in [3.63, 3.8) is 0 Å². The van der Waals surface area contributed by atoms with E-state index in [1.54, 1.807) is 0 Å². The van der Waals surface area contributed by atoms with Gasteiger partial charge < -0.3 is 28.6 Å². The van der Waals surface area contributed by atoms with Crippen LogP contribution in [0.25, 0.3) is 0 Å². The van der Waals surface area contributed by atoms with Crippen LogP contribution >= 0.6 is 0 Å². The van der Waals surface area contributed by atoms with Crippen LogP contribution in [0.4, 0.5) is 0 Å². The van der Waals surface area contributed by atoms with E-state index in [0.717, 1.165) is 44.9 Å². The van der Waals surface area contributed by atoms with E-state index in [1.165, 1.54) is 6.42 Å². The third-order valence-electron chi connectivity index (χ3n) is 3.24. The molecule has 1 N–H and O–H groups in total.